The molecule has 1 fully saturated rings. The molecule has 0 amide bonds. The van der Waals surface area contributed by atoms with Crippen LogP contribution in [0.1, 0.15) is 23.7 Å². The van der Waals surface area contributed by atoms with Crippen molar-refractivity contribution in [2.24, 2.45) is 0 Å². The molecule has 4 heteroatoms. The summed E-state index contributed by atoms with van der Waals surface area (Å²) in [5, 5.41) is 9.48. The van der Waals surface area contributed by atoms with Crippen molar-refractivity contribution in [1.29, 1.82) is 0 Å². The van der Waals surface area contributed by atoms with E-state index in [0.29, 0.717) is 6.54 Å². The zero-order valence-electron chi connectivity index (χ0n) is 9.77. The Labute approximate surface area is 110 Å². The Kier molecular flexibility index (Phi) is 3.97. The van der Waals surface area contributed by atoms with E-state index in [9.17, 15) is 9.90 Å². The molecule has 3 nitrogen and oxygen atoms in total. The lowest BCUT2D eigenvalue weighted by Gasteiger charge is -2.22. The number of Topliss-reactive ketones (excluding diaryl/α,β-unsaturated/α-hetero) is 1. The molecule has 0 saturated carbocycles. The number of likely N-dealkylation sites (tertiary alicyclic amines) is 1. The van der Waals surface area contributed by atoms with Crippen LogP contribution < -0.4 is 0 Å². The largest absolute Gasteiger partial charge is 0.392 e. The Morgan fingerprint density at radius 1 is 1.47 bits per heavy atom. The molecule has 1 N–H and O–H groups in total. The molecule has 0 aliphatic carbocycles. The van der Waals surface area contributed by atoms with E-state index in [0.717, 1.165) is 23.0 Å². The summed E-state index contributed by atoms with van der Waals surface area (Å²) in [5.41, 5.74) is 0.724. The first-order valence-electron chi connectivity index (χ1n) is 5.80. The molecule has 0 bridgehead atoms. The lowest BCUT2D eigenvalue weighted by atomic mass is 10.0. The molecule has 17 heavy (non-hydrogen) atoms. The van der Waals surface area contributed by atoms with Crippen LogP contribution in [0.15, 0.2) is 28.7 Å². The van der Waals surface area contributed by atoms with Crippen LogP contribution in [0, 0.1) is 0 Å². The molecule has 1 heterocycles. The van der Waals surface area contributed by atoms with Crippen LogP contribution in [-0.4, -0.2) is 41.0 Å². The molecular weight excluding hydrogens is 282 g/mol. The number of aliphatic hydroxyl groups excluding tert-OH is 1. The third-order valence-corrected chi connectivity index (χ3v) is 3.78. The summed E-state index contributed by atoms with van der Waals surface area (Å²) < 4.78 is 0.971. The second-order valence-electron chi connectivity index (χ2n) is 4.48. The highest BCUT2D eigenvalue weighted by Crippen LogP contribution is 2.17. The van der Waals surface area contributed by atoms with Gasteiger partial charge in [-0.2, -0.15) is 0 Å². The number of carbonyl (C=O) groups excluding carboxylic acids is 1. The molecule has 92 valence electrons. The monoisotopic (exact) mass is 297 g/mol. The molecule has 1 aromatic rings. The van der Waals surface area contributed by atoms with Crippen molar-refractivity contribution in [1.82, 2.24) is 4.90 Å². The Hall–Kier alpha value is -0.710. The fourth-order valence-electron chi connectivity index (χ4n) is 2.14. The van der Waals surface area contributed by atoms with Crippen molar-refractivity contribution in [3.63, 3.8) is 0 Å². The summed E-state index contributed by atoms with van der Waals surface area (Å²) in [7, 11) is 0. The summed E-state index contributed by atoms with van der Waals surface area (Å²) in [4.78, 5) is 14.2. The normalized spacial score (nSPS) is 22.6. The molecule has 1 saturated heterocycles. The lowest BCUT2D eigenvalue weighted by molar-refractivity contribution is 0.0847. The molecular formula is C13H16BrNO2. The first kappa shape index (κ1) is 12.7. The Morgan fingerprint density at radius 3 is 2.65 bits per heavy atom. The van der Waals surface area contributed by atoms with Crippen LogP contribution in [0.25, 0.3) is 0 Å². The third kappa shape index (κ3) is 2.94. The van der Waals surface area contributed by atoms with Crippen LogP contribution in [0.2, 0.25) is 0 Å². The third-order valence-electron chi connectivity index (χ3n) is 3.25. The molecule has 1 aromatic carbocycles. The Morgan fingerprint density at radius 2 is 2.12 bits per heavy atom. The zero-order valence-corrected chi connectivity index (χ0v) is 11.4. The highest BCUT2D eigenvalue weighted by atomic mass is 79.9. The van der Waals surface area contributed by atoms with E-state index in [-0.39, 0.29) is 17.9 Å². The molecule has 1 aliphatic rings. The van der Waals surface area contributed by atoms with E-state index in [4.69, 9.17) is 0 Å². The number of rotatable bonds is 3. The van der Waals surface area contributed by atoms with Gasteiger partial charge in [0.25, 0.3) is 0 Å². The van der Waals surface area contributed by atoms with Gasteiger partial charge in [0.15, 0.2) is 5.78 Å². The summed E-state index contributed by atoms with van der Waals surface area (Å²) in [6.07, 6.45) is 0.480. The van der Waals surface area contributed by atoms with E-state index < -0.39 is 0 Å². The Balaban J connectivity index is 2.06. The number of ketones is 1. The number of aliphatic hydroxyl groups is 1. The topological polar surface area (TPSA) is 40.5 Å². The minimum Gasteiger partial charge on any atom is -0.392 e. The van der Waals surface area contributed by atoms with Crippen molar-refractivity contribution in [2.45, 2.75) is 25.5 Å². The predicted molar refractivity (Wildman–Crippen MR) is 70.1 cm³/mol. The highest BCUT2D eigenvalue weighted by molar-refractivity contribution is 9.10. The van der Waals surface area contributed by atoms with Crippen molar-refractivity contribution in [3.8, 4) is 0 Å². The smallest absolute Gasteiger partial charge is 0.179 e. The van der Waals surface area contributed by atoms with Crippen LogP contribution in [0.3, 0.4) is 0 Å². The number of benzene rings is 1. The molecule has 0 aromatic heterocycles. The molecule has 2 unspecified atom stereocenters. The highest BCUT2D eigenvalue weighted by Gasteiger charge is 2.28. The van der Waals surface area contributed by atoms with Gasteiger partial charge >= 0.3 is 0 Å². The molecule has 0 spiro atoms. The van der Waals surface area contributed by atoms with Crippen molar-refractivity contribution < 1.29 is 9.90 Å². The van der Waals surface area contributed by atoms with E-state index in [1.807, 2.05) is 36.1 Å². The van der Waals surface area contributed by atoms with Crippen LogP contribution in [0.5, 0.6) is 0 Å². The second-order valence-corrected chi connectivity index (χ2v) is 5.40. The summed E-state index contributed by atoms with van der Waals surface area (Å²) in [5.74, 6) is 0.117. The Bertz CT molecular complexity index is 404. The maximum Gasteiger partial charge on any atom is 0.179 e. The maximum atomic E-state index is 12.2. The van der Waals surface area contributed by atoms with Gasteiger partial charge in [-0.15, -0.1) is 0 Å². The summed E-state index contributed by atoms with van der Waals surface area (Å²) >= 11 is 3.35. The van der Waals surface area contributed by atoms with Crippen LogP contribution in [0.4, 0.5) is 0 Å². The van der Waals surface area contributed by atoms with Crippen molar-refractivity contribution >= 4 is 21.7 Å². The number of nitrogens with zero attached hydrogens (tertiary/aromatic N) is 1. The number of carbonyl (C=O) groups is 1. The predicted octanol–water partition coefficient (Wildman–Crippen LogP) is 2.09. The fraction of sp³-hybridized carbons (Fsp3) is 0.462. The molecule has 2 rings (SSSR count). The SMILES string of the molecule is CC(C(=O)c1ccc(Br)cc1)N1CCC(O)C1. The quantitative estimate of drug-likeness (QED) is 0.869. The molecule has 2 atom stereocenters. The van der Waals surface area contributed by atoms with E-state index in [1.54, 1.807) is 0 Å². The number of hydrogen-bond donors (Lipinski definition) is 1. The van der Waals surface area contributed by atoms with E-state index in [2.05, 4.69) is 15.9 Å². The van der Waals surface area contributed by atoms with Gasteiger partial charge in [0.1, 0.15) is 0 Å². The standard InChI is InChI=1S/C13H16BrNO2/c1-9(15-7-6-12(16)8-15)13(17)10-2-4-11(14)5-3-10/h2-5,9,12,16H,6-8H2,1H3. The number of halogens is 1. The van der Waals surface area contributed by atoms with Crippen molar-refractivity contribution in [2.75, 3.05) is 13.1 Å². The average molecular weight is 298 g/mol. The first-order valence-corrected chi connectivity index (χ1v) is 6.59. The fourth-order valence-corrected chi connectivity index (χ4v) is 2.41. The van der Waals surface area contributed by atoms with Gasteiger partial charge in [-0.25, -0.2) is 0 Å². The minimum absolute atomic E-state index is 0.117. The lowest BCUT2D eigenvalue weighted by Crippen LogP contribution is -2.37. The van der Waals surface area contributed by atoms with E-state index in [1.165, 1.54) is 0 Å². The van der Waals surface area contributed by atoms with Crippen molar-refractivity contribution in [3.05, 3.63) is 34.3 Å². The molecule has 1 aliphatic heterocycles. The second kappa shape index (κ2) is 5.29. The van der Waals surface area contributed by atoms with Gasteiger partial charge in [-0.3, -0.25) is 9.69 Å². The van der Waals surface area contributed by atoms with Crippen LogP contribution >= 0.6 is 15.9 Å². The van der Waals surface area contributed by atoms with Crippen LogP contribution in [-0.2, 0) is 0 Å². The summed E-state index contributed by atoms with van der Waals surface area (Å²) in [6, 6.07) is 7.25. The van der Waals surface area contributed by atoms with Gasteiger partial charge in [-0.1, -0.05) is 28.1 Å². The van der Waals surface area contributed by atoms with Gasteiger partial charge in [0.2, 0.25) is 0 Å². The summed E-state index contributed by atoms with van der Waals surface area (Å²) in [6.45, 7) is 3.30. The zero-order chi connectivity index (χ0) is 12.4. The maximum absolute atomic E-state index is 12.2. The average Bonchev–Trinajstić information content (AvgIpc) is 2.75. The number of β-amino-alcohol motifs (C(OH)–C–C–N with tert-alkyl or cyclic N) is 1. The van der Waals surface area contributed by atoms with Gasteiger partial charge in [0.05, 0.1) is 12.1 Å². The minimum atomic E-state index is -0.282. The van der Waals surface area contributed by atoms with E-state index >= 15 is 0 Å². The van der Waals surface area contributed by atoms with Gasteiger partial charge in [0, 0.05) is 23.1 Å². The molecule has 0 radical (unpaired) electrons. The van der Waals surface area contributed by atoms with Gasteiger partial charge in [-0.05, 0) is 25.5 Å². The first-order chi connectivity index (χ1) is 8.08. The van der Waals surface area contributed by atoms with Gasteiger partial charge < -0.3 is 5.11 Å². The number of hydrogen-bond acceptors (Lipinski definition) is 3.